The van der Waals surface area contributed by atoms with E-state index < -0.39 is 5.91 Å². The van der Waals surface area contributed by atoms with Gasteiger partial charge in [-0.25, -0.2) is 4.99 Å². The van der Waals surface area contributed by atoms with Gasteiger partial charge in [0.2, 0.25) is 0 Å². The average molecular weight is 476 g/mol. The Kier molecular flexibility index (Phi) is 7.33. The Morgan fingerprint density at radius 3 is 2.73 bits per heavy atom. The molecule has 146 valence electrons. The molecule has 0 bridgehead atoms. The number of hydrogen-bond acceptors (Lipinski definition) is 4. The minimum absolute atomic E-state index is 0. The second kappa shape index (κ2) is 9.07. The maximum atomic E-state index is 11.1. The number of ether oxygens (including phenoxy) is 1. The topological polar surface area (TPSA) is 102 Å². The largest absolute Gasteiger partial charge is 0.454 e. The summed E-state index contributed by atoms with van der Waals surface area (Å²) in [5.74, 6) is 0.981. The number of furan rings is 1. The number of rotatable bonds is 7. The predicted octanol–water partition coefficient (Wildman–Crippen LogP) is 2.40. The molecule has 1 aromatic rings. The molecule has 1 spiro atoms. The fourth-order valence-corrected chi connectivity index (χ4v) is 3.88. The Bertz CT molecular complexity index is 642. The van der Waals surface area contributed by atoms with Crippen molar-refractivity contribution in [3.63, 3.8) is 0 Å². The first-order valence-electron chi connectivity index (χ1n) is 9.14. The number of carbonyl (C=O) groups excluding carboxylic acids is 1. The van der Waals surface area contributed by atoms with Gasteiger partial charge in [0.15, 0.2) is 11.7 Å². The maximum Gasteiger partial charge on any atom is 0.284 e. The molecule has 2 fully saturated rings. The zero-order chi connectivity index (χ0) is 17.9. The molecular weight excluding hydrogens is 447 g/mol. The lowest BCUT2D eigenvalue weighted by Gasteiger charge is -2.61. The highest BCUT2D eigenvalue weighted by Crippen LogP contribution is 2.57. The lowest BCUT2D eigenvalue weighted by Crippen LogP contribution is -2.68. The van der Waals surface area contributed by atoms with Gasteiger partial charge in [-0.3, -0.25) is 4.79 Å². The maximum absolute atomic E-state index is 11.1. The van der Waals surface area contributed by atoms with Crippen LogP contribution in [0, 0.1) is 5.41 Å². The van der Waals surface area contributed by atoms with Crippen LogP contribution in [-0.4, -0.2) is 37.2 Å². The summed E-state index contributed by atoms with van der Waals surface area (Å²) in [5.41, 5.74) is 5.48. The monoisotopic (exact) mass is 476 g/mol. The van der Waals surface area contributed by atoms with Crippen molar-refractivity contribution in [2.75, 3.05) is 13.2 Å². The molecular formula is C18H29IN4O3. The normalized spacial score (nSPS) is 23.5. The zero-order valence-electron chi connectivity index (χ0n) is 15.4. The first kappa shape index (κ1) is 21.0. The minimum atomic E-state index is -0.566. The molecule has 3 rings (SSSR count). The number of hydrogen-bond donors (Lipinski definition) is 3. The van der Waals surface area contributed by atoms with Gasteiger partial charge in [0.25, 0.3) is 5.91 Å². The molecule has 26 heavy (non-hydrogen) atoms. The van der Waals surface area contributed by atoms with Gasteiger partial charge in [0.05, 0.1) is 6.10 Å². The van der Waals surface area contributed by atoms with Crippen molar-refractivity contribution in [3.8, 4) is 0 Å². The molecule has 2 saturated carbocycles. The van der Waals surface area contributed by atoms with E-state index in [4.69, 9.17) is 14.9 Å². The Hall–Kier alpha value is -1.29. The van der Waals surface area contributed by atoms with Crippen molar-refractivity contribution in [2.45, 2.75) is 58.2 Å². The quantitative estimate of drug-likeness (QED) is 0.319. The van der Waals surface area contributed by atoms with Crippen molar-refractivity contribution in [2.24, 2.45) is 16.1 Å². The first-order chi connectivity index (χ1) is 12.1. The van der Waals surface area contributed by atoms with Crippen LogP contribution in [0.2, 0.25) is 0 Å². The highest BCUT2D eigenvalue weighted by Gasteiger charge is 2.59. The van der Waals surface area contributed by atoms with Crippen molar-refractivity contribution in [3.05, 3.63) is 23.7 Å². The number of carbonyl (C=O) groups is 1. The number of guanidine groups is 1. The summed E-state index contributed by atoms with van der Waals surface area (Å²) < 4.78 is 11.3. The van der Waals surface area contributed by atoms with Crippen LogP contribution in [0.4, 0.5) is 0 Å². The Morgan fingerprint density at radius 2 is 2.19 bits per heavy atom. The fourth-order valence-electron chi connectivity index (χ4n) is 3.88. The molecule has 1 aromatic heterocycles. The van der Waals surface area contributed by atoms with E-state index in [1.807, 2.05) is 6.92 Å². The third kappa shape index (κ3) is 4.16. The van der Waals surface area contributed by atoms with Crippen molar-refractivity contribution in [1.82, 2.24) is 10.6 Å². The summed E-state index contributed by atoms with van der Waals surface area (Å²) in [5, 5.41) is 6.84. The third-order valence-corrected chi connectivity index (χ3v) is 5.39. The molecule has 4 N–H and O–H groups in total. The molecule has 0 radical (unpaired) electrons. The number of nitrogens with zero attached hydrogens (tertiary/aromatic N) is 1. The molecule has 0 aromatic carbocycles. The van der Waals surface area contributed by atoms with Crippen LogP contribution < -0.4 is 16.4 Å². The van der Waals surface area contributed by atoms with Gasteiger partial charge >= 0.3 is 0 Å². The molecule has 1 heterocycles. The van der Waals surface area contributed by atoms with E-state index >= 15 is 0 Å². The molecule has 8 heteroatoms. The number of nitrogens with one attached hydrogen (secondary N) is 2. The lowest BCUT2D eigenvalue weighted by atomic mass is 9.51. The van der Waals surface area contributed by atoms with E-state index in [1.54, 1.807) is 12.1 Å². The van der Waals surface area contributed by atoms with Gasteiger partial charge in [-0.15, -0.1) is 24.0 Å². The van der Waals surface area contributed by atoms with Crippen molar-refractivity contribution in [1.29, 1.82) is 0 Å². The standard InChI is InChI=1S/C18H28N4O3.HI/c1-3-20-17(21-11-12-6-7-13(25-12)16(19)23)22-14-10-15(24-4-2)18(14)8-5-9-18;/h6-7,14-15H,3-5,8-11H2,1-2H3,(H2,19,23)(H2,20,21,22);1H. The van der Waals surface area contributed by atoms with Crippen LogP contribution in [0.15, 0.2) is 21.5 Å². The number of aliphatic imine (C=N–C) groups is 1. The molecule has 0 aliphatic heterocycles. The van der Waals surface area contributed by atoms with Gasteiger partial charge in [-0.05, 0) is 45.2 Å². The summed E-state index contributed by atoms with van der Waals surface area (Å²) in [6.45, 7) is 6.01. The number of halogens is 1. The second-order valence-electron chi connectivity index (χ2n) is 6.79. The molecule has 2 atom stereocenters. The Morgan fingerprint density at radius 1 is 1.42 bits per heavy atom. The number of primary amides is 1. The van der Waals surface area contributed by atoms with Crippen LogP contribution in [0.1, 0.15) is 55.8 Å². The van der Waals surface area contributed by atoms with Gasteiger partial charge < -0.3 is 25.5 Å². The summed E-state index contributed by atoms with van der Waals surface area (Å²) in [7, 11) is 0. The van der Waals surface area contributed by atoms with Gasteiger partial charge in [-0.1, -0.05) is 6.42 Å². The fraction of sp³-hybridized carbons (Fsp3) is 0.667. The van der Waals surface area contributed by atoms with Crippen LogP contribution in [0.3, 0.4) is 0 Å². The van der Waals surface area contributed by atoms with Gasteiger partial charge in [-0.2, -0.15) is 0 Å². The summed E-state index contributed by atoms with van der Waals surface area (Å²) in [4.78, 5) is 15.7. The Labute approximate surface area is 171 Å². The molecule has 2 aliphatic rings. The summed E-state index contributed by atoms with van der Waals surface area (Å²) >= 11 is 0. The highest BCUT2D eigenvalue weighted by atomic mass is 127. The first-order valence-corrected chi connectivity index (χ1v) is 9.14. The van der Waals surface area contributed by atoms with Gasteiger partial charge in [0, 0.05) is 24.6 Å². The van der Waals surface area contributed by atoms with E-state index in [2.05, 4.69) is 22.5 Å². The molecule has 7 nitrogen and oxygen atoms in total. The van der Waals surface area contributed by atoms with E-state index in [0.717, 1.165) is 25.5 Å². The van der Waals surface area contributed by atoms with Crippen LogP contribution in [0.5, 0.6) is 0 Å². The zero-order valence-corrected chi connectivity index (χ0v) is 17.7. The van der Waals surface area contributed by atoms with Crippen LogP contribution >= 0.6 is 24.0 Å². The van der Waals surface area contributed by atoms with Crippen LogP contribution in [0.25, 0.3) is 0 Å². The predicted molar refractivity (Wildman–Crippen MR) is 111 cm³/mol. The number of amides is 1. The smallest absolute Gasteiger partial charge is 0.284 e. The van der Waals surface area contributed by atoms with Crippen LogP contribution in [-0.2, 0) is 11.3 Å². The average Bonchev–Trinajstić information content (AvgIpc) is 2.99. The molecule has 1 amide bonds. The van der Waals surface area contributed by atoms with Crippen molar-refractivity contribution >= 4 is 35.8 Å². The molecule has 0 saturated heterocycles. The number of nitrogens with two attached hydrogens (primary N) is 1. The summed E-state index contributed by atoms with van der Waals surface area (Å²) in [6.07, 6.45) is 5.10. The highest BCUT2D eigenvalue weighted by molar-refractivity contribution is 14.0. The van der Waals surface area contributed by atoms with E-state index in [0.29, 0.717) is 24.5 Å². The third-order valence-electron chi connectivity index (χ3n) is 5.39. The minimum Gasteiger partial charge on any atom is -0.454 e. The van der Waals surface area contributed by atoms with E-state index in [1.165, 1.54) is 19.3 Å². The molecule has 2 aliphatic carbocycles. The SMILES string of the molecule is CCNC(=NCc1ccc(C(N)=O)o1)NC1CC(OCC)C12CCC2.I. The summed E-state index contributed by atoms with van der Waals surface area (Å²) in [6, 6.07) is 3.71. The second-order valence-corrected chi connectivity index (χ2v) is 6.79. The van der Waals surface area contributed by atoms with Gasteiger partial charge in [0.1, 0.15) is 12.3 Å². The lowest BCUT2D eigenvalue weighted by molar-refractivity contribution is -0.168. The van der Waals surface area contributed by atoms with E-state index in [-0.39, 0.29) is 35.2 Å². The van der Waals surface area contributed by atoms with E-state index in [9.17, 15) is 4.79 Å². The molecule has 2 unspecified atom stereocenters. The Balaban J connectivity index is 0.00000243. The van der Waals surface area contributed by atoms with Crippen molar-refractivity contribution < 1.29 is 13.9 Å².